The predicted molar refractivity (Wildman–Crippen MR) is 97.9 cm³/mol. The highest BCUT2D eigenvalue weighted by atomic mass is 16.5. The van der Waals surface area contributed by atoms with E-state index in [4.69, 9.17) is 4.74 Å². The zero-order chi connectivity index (χ0) is 18.4. The number of benzene rings is 1. The van der Waals surface area contributed by atoms with Gasteiger partial charge in [-0.25, -0.2) is 4.98 Å². The molecule has 0 fully saturated rings. The lowest BCUT2D eigenvalue weighted by molar-refractivity contribution is -0.121. The van der Waals surface area contributed by atoms with Gasteiger partial charge in [0.15, 0.2) is 0 Å². The second-order valence-electron chi connectivity index (χ2n) is 5.68. The highest BCUT2D eigenvalue weighted by molar-refractivity contribution is 5.79. The lowest BCUT2D eigenvalue weighted by atomic mass is 10.2. The van der Waals surface area contributed by atoms with Crippen LogP contribution >= 0.6 is 0 Å². The molecule has 7 heteroatoms. The van der Waals surface area contributed by atoms with Crippen LogP contribution in [-0.4, -0.2) is 27.3 Å². The van der Waals surface area contributed by atoms with Crippen LogP contribution in [0.3, 0.4) is 0 Å². The number of rotatable bonds is 7. The van der Waals surface area contributed by atoms with Crippen molar-refractivity contribution in [2.24, 2.45) is 0 Å². The predicted octanol–water partition coefficient (Wildman–Crippen LogP) is 1.90. The number of para-hydroxylation sites is 1. The van der Waals surface area contributed by atoms with Crippen LogP contribution in [0.1, 0.15) is 18.9 Å². The molecular weight excluding hydrogens is 332 g/mol. The second kappa shape index (κ2) is 8.24. The number of hydrogen-bond acceptors (Lipinski definition) is 5. The van der Waals surface area contributed by atoms with Crippen molar-refractivity contribution in [2.75, 3.05) is 6.61 Å². The van der Waals surface area contributed by atoms with Crippen LogP contribution < -0.4 is 15.5 Å². The molecule has 0 atom stereocenters. The molecular formula is C19H20N4O3. The van der Waals surface area contributed by atoms with Crippen molar-refractivity contribution < 1.29 is 9.53 Å². The number of hydrogen-bond donors (Lipinski definition) is 1. The Bertz CT molecular complexity index is 968. The summed E-state index contributed by atoms with van der Waals surface area (Å²) in [6.07, 6.45) is 3.19. The first kappa shape index (κ1) is 17.6. The number of amides is 1. The number of carbonyl (C=O) groups excluding carboxylic acids is 1. The summed E-state index contributed by atoms with van der Waals surface area (Å²) in [5, 5.41) is 7.59. The monoisotopic (exact) mass is 352 g/mol. The summed E-state index contributed by atoms with van der Waals surface area (Å²) in [6.45, 7) is 3.14. The second-order valence-corrected chi connectivity index (χ2v) is 5.68. The van der Waals surface area contributed by atoms with Gasteiger partial charge in [0.2, 0.25) is 17.2 Å². The Labute approximate surface area is 150 Å². The minimum atomic E-state index is -0.124. The maximum atomic E-state index is 12.2. The van der Waals surface area contributed by atoms with Crippen LogP contribution in [0.2, 0.25) is 0 Å². The van der Waals surface area contributed by atoms with E-state index in [1.54, 1.807) is 23.0 Å². The minimum Gasteiger partial charge on any atom is -0.478 e. The molecule has 0 aliphatic rings. The van der Waals surface area contributed by atoms with Gasteiger partial charge in [-0.05, 0) is 25.1 Å². The van der Waals surface area contributed by atoms with Crippen molar-refractivity contribution in [3.8, 4) is 5.88 Å². The molecule has 0 aliphatic heterocycles. The normalized spacial score (nSPS) is 10.7. The summed E-state index contributed by atoms with van der Waals surface area (Å²) < 4.78 is 7.12. The first-order chi connectivity index (χ1) is 12.7. The van der Waals surface area contributed by atoms with Crippen molar-refractivity contribution in [3.05, 3.63) is 64.6 Å². The Hall–Kier alpha value is -3.22. The van der Waals surface area contributed by atoms with E-state index in [1.807, 2.05) is 31.2 Å². The molecule has 0 unspecified atom stereocenters. The molecule has 1 amide bonds. The summed E-state index contributed by atoms with van der Waals surface area (Å²) in [5.41, 5.74) is 1.43. The number of nitrogens with one attached hydrogen (secondary N) is 1. The molecule has 0 aliphatic carbocycles. The molecule has 134 valence electrons. The average molecular weight is 352 g/mol. The molecule has 1 N–H and O–H groups in total. The van der Waals surface area contributed by atoms with Gasteiger partial charge in [0.25, 0.3) is 0 Å². The van der Waals surface area contributed by atoms with Crippen molar-refractivity contribution in [3.63, 3.8) is 0 Å². The van der Waals surface area contributed by atoms with Crippen LogP contribution in [0.5, 0.6) is 5.88 Å². The summed E-state index contributed by atoms with van der Waals surface area (Å²) in [7, 11) is 0. The molecule has 2 heterocycles. The van der Waals surface area contributed by atoms with Gasteiger partial charge >= 0.3 is 0 Å². The van der Waals surface area contributed by atoms with E-state index in [2.05, 4.69) is 15.4 Å². The Morgan fingerprint density at radius 1 is 1.23 bits per heavy atom. The molecule has 0 radical (unpaired) electrons. The standard InChI is InChI=1S/C19H20N4O3/c1-2-26-19-14(6-5-10-20-19)12-21-18(25)9-11-23-16-8-4-3-7-15(16)17(24)13-22-23/h3-8,10,13H,2,9,11-12H2,1H3,(H,21,25). The van der Waals surface area contributed by atoms with Crippen LogP contribution in [0.25, 0.3) is 10.9 Å². The smallest absolute Gasteiger partial charge is 0.222 e. The van der Waals surface area contributed by atoms with Gasteiger partial charge in [0, 0.05) is 30.1 Å². The van der Waals surface area contributed by atoms with Crippen molar-refractivity contribution in [1.82, 2.24) is 20.1 Å². The number of ether oxygens (including phenoxy) is 1. The Balaban J connectivity index is 1.62. The zero-order valence-corrected chi connectivity index (χ0v) is 14.5. The Morgan fingerprint density at radius 3 is 2.92 bits per heavy atom. The summed E-state index contributed by atoms with van der Waals surface area (Å²) in [4.78, 5) is 28.2. The molecule has 3 rings (SSSR count). The quantitative estimate of drug-likeness (QED) is 0.702. The van der Waals surface area contributed by atoms with Gasteiger partial charge in [-0.1, -0.05) is 18.2 Å². The number of aromatic nitrogens is 3. The third-order valence-corrected chi connectivity index (χ3v) is 3.92. The Morgan fingerprint density at radius 2 is 2.08 bits per heavy atom. The molecule has 7 nitrogen and oxygen atoms in total. The zero-order valence-electron chi connectivity index (χ0n) is 14.5. The fraction of sp³-hybridized carbons (Fsp3) is 0.263. The molecule has 0 spiro atoms. The lowest BCUT2D eigenvalue weighted by Gasteiger charge is -2.11. The topological polar surface area (TPSA) is 86.1 Å². The van der Waals surface area contributed by atoms with Crippen LogP contribution in [0.15, 0.2) is 53.6 Å². The molecule has 1 aromatic carbocycles. The number of nitrogens with zero attached hydrogens (tertiary/aromatic N) is 3. The molecule has 26 heavy (non-hydrogen) atoms. The van der Waals surface area contributed by atoms with Gasteiger partial charge in [-0.2, -0.15) is 5.10 Å². The van der Waals surface area contributed by atoms with E-state index in [-0.39, 0.29) is 17.8 Å². The maximum absolute atomic E-state index is 12.2. The lowest BCUT2D eigenvalue weighted by Crippen LogP contribution is -2.25. The van der Waals surface area contributed by atoms with E-state index >= 15 is 0 Å². The van der Waals surface area contributed by atoms with Crippen molar-refractivity contribution in [1.29, 1.82) is 0 Å². The summed E-state index contributed by atoms with van der Waals surface area (Å²) >= 11 is 0. The highest BCUT2D eigenvalue weighted by Crippen LogP contribution is 2.14. The van der Waals surface area contributed by atoms with Crippen molar-refractivity contribution >= 4 is 16.8 Å². The maximum Gasteiger partial charge on any atom is 0.222 e. The average Bonchev–Trinajstić information content (AvgIpc) is 2.67. The third-order valence-electron chi connectivity index (χ3n) is 3.92. The van der Waals surface area contributed by atoms with Gasteiger partial charge in [-0.15, -0.1) is 0 Å². The van der Waals surface area contributed by atoms with E-state index in [9.17, 15) is 9.59 Å². The fourth-order valence-electron chi connectivity index (χ4n) is 2.65. The van der Waals surface area contributed by atoms with Gasteiger partial charge in [-0.3, -0.25) is 14.3 Å². The van der Waals surface area contributed by atoms with E-state index in [0.29, 0.717) is 31.0 Å². The first-order valence-corrected chi connectivity index (χ1v) is 8.47. The van der Waals surface area contributed by atoms with Crippen LogP contribution in [0, 0.1) is 0 Å². The largest absolute Gasteiger partial charge is 0.478 e. The molecule has 3 aromatic rings. The summed E-state index contributed by atoms with van der Waals surface area (Å²) in [6, 6.07) is 10.9. The molecule has 0 saturated carbocycles. The molecule has 0 bridgehead atoms. The Kier molecular flexibility index (Phi) is 5.58. The minimum absolute atomic E-state index is 0.110. The van der Waals surface area contributed by atoms with E-state index in [0.717, 1.165) is 11.1 Å². The first-order valence-electron chi connectivity index (χ1n) is 8.47. The van der Waals surface area contributed by atoms with Gasteiger partial charge < -0.3 is 10.1 Å². The van der Waals surface area contributed by atoms with Gasteiger partial charge in [0.05, 0.1) is 24.9 Å². The summed E-state index contributed by atoms with van der Waals surface area (Å²) in [5.74, 6) is 0.421. The fourth-order valence-corrected chi connectivity index (χ4v) is 2.65. The van der Waals surface area contributed by atoms with Crippen LogP contribution in [-0.2, 0) is 17.9 Å². The highest BCUT2D eigenvalue weighted by Gasteiger charge is 2.08. The number of aryl methyl sites for hydroxylation is 1. The van der Waals surface area contributed by atoms with Crippen molar-refractivity contribution in [2.45, 2.75) is 26.4 Å². The SMILES string of the molecule is CCOc1ncccc1CNC(=O)CCn1ncc(=O)c2ccccc21. The third kappa shape index (κ3) is 4.05. The van der Waals surface area contributed by atoms with E-state index in [1.165, 1.54) is 6.20 Å². The van der Waals surface area contributed by atoms with Crippen LogP contribution in [0.4, 0.5) is 0 Å². The van der Waals surface area contributed by atoms with E-state index < -0.39 is 0 Å². The number of carbonyl (C=O) groups is 1. The molecule has 0 saturated heterocycles. The number of pyridine rings is 1. The number of fused-ring (bicyclic) bond motifs is 1. The molecule has 2 aromatic heterocycles. The van der Waals surface area contributed by atoms with Gasteiger partial charge in [0.1, 0.15) is 0 Å².